The lowest BCUT2D eigenvalue weighted by Crippen LogP contribution is -2.53. The Hall–Kier alpha value is -2.30. The van der Waals surface area contributed by atoms with Crippen LogP contribution < -0.4 is 5.11 Å². The van der Waals surface area contributed by atoms with Crippen LogP contribution in [0.25, 0.3) is 6.08 Å². The number of methoxy groups -OCH3 is 1. The summed E-state index contributed by atoms with van der Waals surface area (Å²) >= 11 is 0. The van der Waals surface area contributed by atoms with Crippen LogP contribution in [-0.4, -0.2) is 19.0 Å². The van der Waals surface area contributed by atoms with E-state index in [2.05, 4.69) is 20.4 Å². The van der Waals surface area contributed by atoms with Crippen molar-refractivity contribution in [3.63, 3.8) is 0 Å². The molecule has 158 valence electrons. The number of hydrogen-bond donors (Lipinski definition) is 0. The number of hydrogen-bond acceptors (Lipinski definition) is 5. The molecule has 0 amide bonds. The standard InChI is InChI=1S/C24H32O5/c1-16-6-10-20-23(2,13-5-14-24(20,3)22(27)28-4)18(16)8-7-17-12-15-29-19(17)9-11-21(25)26/h9,11-12,15,18,20H,1,5-8,10,13-14H2,2-4H3,(H,25,26)/p-1/b11-9+/t18-,20-,23+,24-/m0/s1. The monoisotopic (exact) mass is 399 g/mol. The molecule has 5 nitrogen and oxygen atoms in total. The number of furan rings is 1. The Morgan fingerprint density at radius 3 is 2.83 bits per heavy atom. The van der Waals surface area contributed by atoms with E-state index in [9.17, 15) is 14.7 Å². The van der Waals surface area contributed by atoms with Gasteiger partial charge in [-0.25, -0.2) is 0 Å². The first-order valence-electron chi connectivity index (χ1n) is 10.4. The molecule has 4 atom stereocenters. The summed E-state index contributed by atoms with van der Waals surface area (Å²) in [5, 5.41) is 10.7. The van der Waals surface area contributed by atoms with Crippen molar-refractivity contribution in [1.29, 1.82) is 0 Å². The van der Waals surface area contributed by atoms with E-state index in [0.717, 1.165) is 56.6 Å². The van der Waals surface area contributed by atoms with Gasteiger partial charge in [-0.15, -0.1) is 0 Å². The van der Waals surface area contributed by atoms with Crippen molar-refractivity contribution in [2.75, 3.05) is 7.11 Å². The number of carboxylic acid groups (broad SMARTS) is 1. The van der Waals surface area contributed by atoms with E-state index in [-0.39, 0.29) is 17.3 Å². The summed E-state index contributed by atoms with van der Waals surface area (Å²) in [5.74, 6) is -0.204. The minimum Gasteiger partial charge on any atom is -0.545 e. The van der Waals surface area contributed by atoms with Gasteiger partial charge in [0.2, 0.25) is 0 Å². The Balaban J connectivity index is 1.82. The maximum absolute atomic E-state index is 12.7. The highest BCUT2D eigenvalue weighted by Crippen LogP contribution is 2.62. The molecule has 2 aliphatic carbocycles. The zero-order chi connectivity index (χ0) is 21.2. The minimum absolute atomic E-state index is 0.00124. The van der Waals surface area contributed by atoms with Crippen molar-refractivity contribution in [2.24, 2.45) is 22.7 Å². The molecule has 3 rings (SSSR count). The summed E-state index contributed by atoms with van der Waals surface area (Å²) in [7, 11) is 1.49. The summed E-state index contributed by atoms with van der Waals surface area (Å²) in [6.45, 7) is 8.78. The number of allylic oxidation sites excluding steroid dienone is 1. The van der Waals surface area contributed by atoms with Crippen LogP contribution in [0, 0.1) is 22.7 Å². The Labute approximate surface area is 172 Å². The number of aryl methyl sites for hydroxylation is 1. The third kappa shape index (κ3) is 3.92. The molecule has 1 aromatic rings. The van der Waals surface area contributed by atoms with Gasteiger partial charge >= 0.3 is 5.97 Å². The Kier molecular flexibility index (Phi) is 6.06. The molecule has 2 aliphatic rings. The first-order valence-corrected chi connectivity index (χ1v) is 10.4. The number of carbonyl (C=O) groups excluding carboxylic acids is 2. The fourth-order valence-electron chi connectivity index (χ4n) is 6.10. The average molecular weight is 400 g/mol. The molecule has 0 spiro atoms. The van der Waals surface area contributed by atoms with E-state index in [0.29, 0.717) is 11.7 Å². The van der Waals surface area contributed by atoms with Crippen LogP contribution in [0.5, 0.6) is 0 Å². The quantitative estimate of drug-likeness (QED) is 0.411. The molecule has 0 bridgehead atoms. The number of ether oxygens (including phenoxy) is 1. The maximum Gasteiger partial charge on any atom is 0.311 e. The van der Waals surface area contributed by atoms with E-state index < -0.39 is 11.4 Å². The van der Waals surface area contributed by atoms with Crippen molar-refractivity contribution in [1.82, 2.24) is 0 Å². The normalized spacial score (nSPS) is 32.2. The molecule has 1 heterocycles. The average Bonchev–Trinajstić information content (AvgIpc) is 3.12. The topological polar surface area (TPSA) is 79.6 Å². The summed E-state index contributed by atoms with van der Waals surface area (Å²) < 4.78 is 10.6. The van der Waals surface area contributed by atoms with Crippen LogP contribution in [0.3, 0.4) is 0 Å². The second-order valence-electron chi connectivity index (χ2n) is 9.07. The second-order valence-corrected chi connectivity index (χ2v) is 9.07. The van der Waals surface area contributed by atoms with Crippen molar-refractivity contribution < 1.29 is 23.8 Å². The molecule has 2 fully saturated rings. The third-order valence-electron chi connectivity index (χ3n) is 7.53. The number of esters is 1. The molecule has 0 saturated heterocycles. The highest BCUT2D eigenvalue weighted by molar-refractivity contribution is 5.83. The Bertz CT molecular complexity index is 819. The van der Waals surface area contributed by atoms with Gasteiger partial charge < -0.3 is 19.1 Å². The van der Waals surface area contributed by atoms with Crippen molar-refractivity contribution in [3.8, 4) is 0 Å². The number of fused-ring (bicyclic) bond motifs is 1. The van der Waals surface area contributed by atoms with Crippen LogP contribution in [-0.2, 0) is 20.7 Å². The lowest BCUT2D eigenvalue weighted by molar-refractivity contribution is -0.297. The highest BCUT2D eigenvalue weighted by atomic mass is 16.5. The van der Waals surface area contributed by atoms with Gasteiger partial charge in [-0.05, 0) is 86.5 Å². The minimum atomic E-state index is -1.24. The van der Waals surface area contributed by atoms with Crippen LogP contribution >= 0.6 is 0 Å². The zero-order valence-electron chi connectivity index (χ0n) is 17.7. The van der Waals surface area contributed by atoms with Crippen LogP contribution in [0.4, 0.5) is 0 Å². The summed E-state index contributed by atoms with van der Waals surface area (Å²) in [5.41, 5.74) is 1.79. The summed E-state index contributed by atoms with van der Waals surface area (Å²) in [6.07, 6.45) is 10.5. The van der Waals surface area contributed by atoms with E-state index in [1.165, 1.54) is 18.8 Å². The molecule has 29 heavy (non-hydrogen) atoms. The van der Waals surface area contributed by atoms with Crippen LogP contribution in [0.2, 0.25) is 0 Å². The predicted molar refractivity (Wildman–Crippen MR) is 109 cm³/mol. The molecule has 0 aromatic carbocycles. The molecule has 1 aromatic heterocycles. The maximum atomic E-state index is 12.7. The van der Waals surface area contributed by atoms with Crippen LogP contribution in [0.15, 0.2) is 35.0 Å². The summed E-state index contributed by atoms with van der Waals surface area (Å²) in [4.78, 5) is 23.4. The van der Waals surface area contributed by atoms with Gasteiger partial charge in [-0.2, -0.15) is 0 Å². The van der Waals surface area contributed by atoms with Gasteiger partial charge in [0.1, 0.15) is 5.76 Å². The Morgan fingerprint density at radius 2 is 2.14 bits per heavy atom. The molecular formula is C24H31O5-. The molecule has 0 unspecified atom stereocenters. The third-order valence-corrected chi connectivity index (χ3v) is 7.53. The highest BCUT2D eigenvalue weighted by Gasteiger charge is 2.57. The van der Waals surface area contributed by atoms with Gasteiger partial charge in [0.15, 0.2) is 0 Å². The number of rotatable bonds is 6. The predicted octanol–water partition coefficient (Wildman–Crippen LogP) is 3.93. The molecule has 5 heteroatoms. The van der Waals surface area contributed by atoms with Crippen molar-refractivity contribution >= 4 is 18.0 Å². The lowest BCUT2D eigenvalue weighted by Gasteiger charge is -2.57. The fourth-order valence-corrected chi connectivity index (χ4v) is 6.10. The number of carbonyl (C=O) groups is 2. The van der Waals surface area contributed by atoms with Gasteiger partial charge in [0.05, 0.1) is 24.8 Å². The van der Waals surface area contributed by atoms with Gasteiger partial charge in [0.25, 0.3) is 0 Å². The molecule has 0 radical (unpaired) electrons. The Morgan fingerprint density at radius 1 is 1.38 bits per heavy atom. The smallest absolute Gasteiger partial charge is 0.311 e. The van der Waals surface area contributed by atoms with Gasteiger partial charge in [-0.1, -0.05) is 25.5 Å². The molecule has 0 aliphatic heterocycles. The molecule has 2 saturated carbocycles. The summed E-state index contributed by atoms with van der Waals surface area (Å²) in [6, 6.07) is 1.89. The number of aliphatic carboxylic acids is 1. The first kappa shape index (κ1) is 21.4. The first-order chi connectivity index (χ1) is 13.7. The molecular weight excluding hydrogens is 368 g/mol. The van der Waals surface area contributed by atoms with E-state index in [4.69, 9.17) is 9.15 Å². The van der Waals surface area contributed by atoms with Crippen LogP contribution in [0.1, 0.15) is 63.7 Å². The second kappa shape index (κ2) is 8.21. The zero-order valence-corrected chi connectivity index (χ0v) is 17.7. The van der Waals surface area contributed by atoms with E-state index in [1.54, 1.807) is 6.26 Å². The fraction of sp³-hybridized carbons (Fsp3) is 0.583. The largest absolute Gasteiger partial charge is 0.545 e. The SMILES string of the molecule is C=C1CC[C@H]2[C@](C)(CCC[C@]2(C)C(=O)OC)[C@H]1CCc1ccoc1/C=C/C(=O)[O-]. The van der Waals surface area contributed by atoms with E-state index in [1.807, 2.05) is 6.07 Å². The van der Waals surface area contributed by atoms with Gasteiger partial charge in [-0.3, -0.25) is 4.79 Å². The number of carboxylic acids is 1. The van der Waals surface area contributed by atoms with Crippen molar-refractivity contribution in [3.05, 3.63) is 41.9 Å². The van der Waals surface area contributed by atoms with Gasteiger partial charge in [0, 0.05) is 0 Å². The van der Waals surface area contributed by atoms with Crippen molar-refractivity contribution in [2.45, 2.75) is 58.8 Å². The lowest BCUT2D eigenvalue weighted by atomic mass is 9.46. The molecule has 0 N–H and O–H groups in total. The van der Waals surface area contributed by atoms with E-state index >= 15 is 0 Å².